The fourth-order valence-corrected chi connectivity index (χ4v) is 6.19. The summed E-state index contributed by atoms with van der Waals surface area (Å²) in [4.78, 5) is 17.0. The predicted octanol–water partition coefficient (Wildman–Crippen LogP) is 3.53. The summed E-state index contributed by atoms with van der Waals surface area (Å²) in [5.41, 5.74) is 2.42. The number of nitrogens with zero attached hydrogens (tertiary/aromatic N) is 3. The third-order valence-corrected chi connectivity index (χ3v) is 7.77. The Hall–Kier alpha value is -2.97. The SMILES string of the molecule is CC1CC(C)CN(S(=O)(=O)c2cccc(C(=O)NCc3cccc(Cn4ccnc4)c3)c2)C1. The van der Waals surface area contributed by atoms with Gasteiger partial charge in [-0.25, -0.2) is 13.4 Å². The zero-order valence-corrected chi connectivity index (χ0v) is 19.8. The first kappa shape index (κ1) is 23.2. The van der Waals surface area contributed by atoms with E-state index in [2.05, 4.69) is 24.1 Å². The Morgan fingerprint density at radius 3 is 2.52 bits per heavy atom. The van der Waals surface area contributed by atoms with Crippen molar-refractivity contribution in [2.75, 3.05) is 13.1 Å². The largest absolute Gasteiger partial charge is 0.348 e. The van der Waals surface area contributed by atoms with E-state index >= 15 is 0 Å². The minimum atomic E-state index is -3.64. The molecule has 3 aromatic rings. The number of aromatic nitrogens is 2. The maximum absolute atomic E-state index is 13.2. The number of amides is 1. The summed E-state index contributed by atoms with van der Waals surface area (Å²) in [5.74, 6) is 0.339. The maximum atomic E-state index is 13.2. The molecule has 4 rings (SSSR count). The molecule has 0 spiro atoms. The van der Waals surface area contributed by atoms with Crippen LogP contribution in [-0.4, -0.2) is 41.3 Å². The molecule has 0 aliphatic carbocycles. The molecule has 1 saturated heterocycles. The predicted molar refractivity (Wildman–Crippen MR) is 127 cm³/mol. The van der Waals surface area contributed by atoms with Gasteiger partial charge < -0.3 is 9.88 Å². The number of carbonyl (C=O) groups excluding carboxylic acids is 1. The summed E-state index contributed by atoms with van der Waals surface area (Å²) >= 11 is 0. The zero-order valence-electron chi connectivity index (χ0n) is 19.0. The summed E-state index contributed by atoms with van der Waals surface area (Å²) in [6.07, 6.45) is 6.43. The highest BCUT2D eigenvalue weighted by atomic mass is 32.2. The number of rotatable bonds is 7. The number of piperidine rings is 1. The van der Waals surface area contributed by atoms with Crippen LogP contribution in [0.3, 0.4) is 0 Å². The molecule has 7 nitrogen and oxygen atoms in total. The number of hydrogen-bond acceptors (Lipinski definition) is 4. The van der Waals surface area contributed by atoms with Gasteiger partial charge in [-0.15, -0.1) is 0 Å². The van der Waals surface area contributed by atoms with E-state index < -0.39 is 10.0 Å². The third kappa shape index (κ3) is 5.69. The van der Waals surface area contributed by atoms with Crippen molar-refractivity contribution >= 4 is 15.9 Å². The minimum absolute atomic E-state index is 0.166. The molecule has 0 saturated carbocycles. The van der Waals surface area contributed by atoms with Crippen LogP contribution in [0.15, 0.2) is 72.1 Å². The molecule has 8 heteroatoms. The van der Waals surface area contributed by atoms with Crippen LogP contribution in [0.5, 0.6) is 0 Å². The third-order valence-electron chi connectivity index (χ3n) is 5.94. The highest BCUT2D eigenvalue weighted by Crippen LogP contribution is 2.27. The zero-order chi connectivity index (χ0) is 23.4. The van der Waals surface area contributed by atoms with E-state index in [-0.39, 0.29) is 10.8 Å². The molecule has 2 unspecified atom stereocenters. The topological polar surface area (TPSA) is 84.3 Å². The quantitative estimate of drug-likeness (QED) is 0.577. The smallest absolute Gasteiger partial charge is 0.251 e. The van der Waals surface area contributed by atoms with E-state index in [1.165, 1.54) is 6.07 Å². The van der Waals surface area contributed by atoms with Crippen LogP contribution in [-0.2, 0) is 23.1 Å². The van der Waals surface area contributed by atoms with E-state index in [1.807, 2.05) is 35.0 Å². The van der Waals surface area contributed by atoms with Crippen molar-refractivity contribution in [2.45, 2.75) is 38.3 Å². The number of carbonyl (C=O) groups is 1. The lowest BCUT2D eigenvalue weighted by atomic mass is 9.94. The molecule has 1 amide bonds. The van der Waals surface area contributed by atoms with E-state index in [0.29, 0.717) is 43.6 Å². The van der Waals surface area contributed by atoms with Gasteiger partial charge >= 0.3 is 0 Å². The Morgan fingerprint density at radius 2 is 1.79 bits per heavy atom. The van der Waals surface area contributed by atoms with Crippen LogP contribution in [0, 0.1) is 11.8 Å². The van der Waals surface area contributed by atoms with Gasteiger partial charge in [0.15, 0.2) is 0 Å². The van der Waals surface area contributed by atoms with Gasteiger partial charge in [-0.1, -0.05) is 44.2 Å². The highest BCUT2D eigenvalue weighted by Gasteiger charge is 2.31. The Labute approximate surface area is 195 Å². The Bertz CT molecular complexity index is 1200. The molecule has 1 fully saturated rings. The van der Waals surface area contributed by atoms with Gasteiger partial charge in [0.2, 0.25) is 10.0 Å². The molecule has 2 aromatic carbocycles. The van der Waals surface area contributed by atoms with Crippen LogP contribution in [0.1, 0.15) is 41.8 Å². The van der Waals surface area contributed by atoms with E-state index in [0.717, 1.165) is 17.5 Å². The molecule has 174 valence electrons. The molecular weight excluding hydrogens is 436 g/mol. The van der Waals surface area contributed by atoms with Gasteiger partial charge in [0.1, 0.15) is 0 Å². The number of nitrogens with one attached hydrogen (secondary N) is 1. The molecule has 33 heavy (non-hydrogen) atoms. The monoisotopic (exact) mass is 466 g/mol. The second-order valence-electron chi connectivity index (χ2n) is 9.03. The second kappa shape index (κ2) is 9.89. The van der Waals surface area contributed by atoms with E-state index in [1.54, 1.807) is 35.0 Å². The first-order chi connectivity index (χ1) is 15.8. The maximum Gasteiger partial charge on any atom is 0.251 e. The van der Waals surface area contributed by atoms with Crippen LogP contribution < -0.4 is 5.32 Å². The highest BCUT2D eigenvalue weighted by molar-refractivity contribution is 7.89. The lowest BCUT2D eigenvalue weighted by molar-refractivity contribution is 0.0950. The van der Waals surface area contributed by atoms with E-state index in [9.17, 15) is 13.2 Å². The van der Waals surface area contributed by atoms with Crippen LogP contribution in [0.4, 0.5) is 0 Å². The van der Waals surface area contributed by atoms with Crippen molar-refractivity contribution < 1.29 is 13.2 Å². The molecular formula is C25H30N4O3S. The average molecular weight is 467 g/mol. The summed E-state index contributed by atoms with van der Waals surface area (Å²) in [7, 11) is -3.64. The van der Waals surface area contributed by atoms with Gasteiger partial charge in [0.25, 0.3) is 5.91 Å². The average Bonchev–Trinajstić information content (AvgIpc) is 3.30. The number of sulfonamides is 1. The number of hydrogen-bond donors (Lipinski definition) is 1. The molecule has 1 aliphatic heterocycles. The normalized spacial score (nSPS) is 19.3. The van der Waals surface area contributed by atoms with E-state index in [4.69, 9.17) is 0 Å². The number of imidazole rings is 1. The lowest BCUT2D eigenvalue weighted by Crippen LogP contribution is -2.42. The van der Waals surface area contributed by atoms with Gasteiger partial charge in [-0.2, -0.15) is 4.31 Å². The summed E-state index contributed by atoms with van der Waals surface area (Å²) in [6, 6.07) is 14.3. The molecule has 2 atom stereocenters. The molecule has 2 heterocycles. The Morgan fingerprint density at radius 1 is 1.06 bits per heavy atom. The minimum Gasteiger partial charge on any atom is -0.348 e. The fraction of sp³-hybridized carbons (Fsp3) is 0.360. The first-order valence-corrected chi connectivity index (χ1v) is 12.7. The van der Waals surface area contributed by atoms with Crippen LogP contribution in [0.25, 0.3) is 0 Å². The summed E-state index contributed by atoms with van der Waals surface area (Å²) in [5, 5.41) is 2.91. The molecule has 0 radical (unpaired) electrons. The summed E-state index contributed by atoms with van der Waals surface area (Å²) < 4.78 is 29.9. The van der Waals surface area contributed by atoms with Crippen molar-refractivity contribution in [1.29, 1.82) is 0 Å². The fourth-order valence-electron chi connectivity index (χ4n) is 4.46. The molecule has 1 N–H and O–H groups in total. The molecule has 0 bridgehead atoms. The second-order valence-corrected chi connectivity index (χ2v) is 11.0. The van der Waals surface area contributed by atoms with Crippen molar-refractivity contribution in [2.24, 2.45) is 11.8 Å². The molecule has 1 aromatic heterocycles. The van der Waals surface area contributed by atoms with Gasteiger partial charge in [-0.05, 0) is 47.6 Å². The van der Waals surface area contributed by atoms with Crippen LogP contribution in [0.2, 0.25) is 0 Å². The molecule has 1 aliphatic rings. The lowest BCUT2D eigenvalue weighted by Gasteiger charge is -2.34. The van der Waals surface area contributed by atoms with Crippen molar-refractivity contribution in [3.05, 3.63) is 83.9 Å². The van der Waals surface area contributed by atoms with Crippen molar-refractivity contribution in [1.82, 2.24) is 19.2 Å². The van der Waals surface area contributed by atoms with Crippen molar-refractivity contribution in [3.63, 3.8) is 0 Å². The van der Waals surface area contributed by atoms with Crippen molar-refractivity contribution in [3.8, 4) is 0 Å². The Kier molecular flexibility index (Phi) is 6.95. The van der Waals surface area contributed by atoms with Gasteiger partial charge in [-0.3, -0.25) is 4.79 Å². The van der Waals surface area contributed by atoms with Gasteiger partial charge in [0.05, 0.1) is 11.2 Å². The Balaban J connectivity index is 1.43. The van der Waals surface area contributed by atoms with Gasteiger partial charge in [0, 0.05) is 44.1 Å². The first-order valence-electron chi connectivity index (χ1n) is 11.2. The number of benzene rings is 2. The van der Waals surface area contributed by atoms with Crippen LogP contribution >= 0.6 is 0 Å². The summed E-state index contributed by atoms with van der Waals surface area (Å²) in [6.45, 7) is 6.24. The standard InChI is InChI=1S/C25H30N4O3S/c1-19-11-20(2)16-29(15-19)33(31,32)24-8-4-7-23(13-24)25(30)27-14-21-5-3-6-22(12-21)17-28-10-9-26-18-28/h3-10,12-13,18-20H,11,14-17H2,1-2H3,(H,27,30).